The molecule has 1 unspecified atom stereocenters. The number of benzene rings is 3. The number of unbranched alkanes of at least 4 members (excludes halogenated alkanes) is 1. The van der Waals surface area contributed by atoms with Gasteiger partial charge in [0.15, 0.2) is 23.1 Å². The largest absolute Gasteiger partial charge is 0.460 e. The first-order chi connectivity index (χ1) is 60.3. The predicted octanol–water partition coefficient (Wildman–Crippen LogP) is 8.46. The summed E-state index contributed by atoms with van der Waals surface area (Å²) in [6.45, 7) is 29.4. The van der Waals surface area contributed by atoms with Crippen LogP contribution in [0.1, 0.15) is 250 Å². The third kappa shape index (κ3) is 36.4. The number of nitrogens with zero attached hydrogens (tertiary/aromatic N) is 2. The van der Waals surface area contributed by atoms with Crippen molar-refractivity contribution in [2.75, 3.05) is 26.2 Å². The van der Waals surface area contributed by atoms with Crippen LogP contribution in [0.5, 0.6) is 0 Å². The summed E-state index contributed by atoms with van der Waals surface area (Å²) < 4.78 is 11.1. The van der Waals surface area contributed by atoms with E-state index in [1.807, 2.05) is 41.5 Å². The van der Waals surface area contributed by atoms with Crippen molar-refractivity contribution >= 4 is 100 Å². The molecule has 128 heavy (non-hydrogen) atoms. The van der Waals surface area contributed by atoms with E-state index in [1.54, 1.807) is 146 Å². The van der Waals surface area contributed by atoms with E-state index in [0.717, 1.165) is 0 Å². The molecule has 12 amide bonds. The number of carbonyl (C=O) groups excluding carboxylic acids is 17. The number of hydrogen-bond donors (Lipinski definition) is 10. The molecule has 10 N–H and O–H groups in total. The lowest BCUT2D eigenvalue weighted by Crippen LogP contribution is -2.58. The van der Waals surface area contributed by atoms with Crippen LogP contribution < -0.4 is 53.2 Å². The third-order valence-electron chi connectivity index (χ3n) is 23.0. The van der Waals surface area contributed by atoms with Gasteiger partial charge in [0, 0.05) is 101 Å². The molecule has 6 rings (SSSR count). The third-order valence-corrected chi connectivity index (χ3v) is 23.0. The number of rotatable bonds is 21. The summed E-state index contributed by atoms with van der Waals surface area (Å²) in [5, 5.41) is 28.0. The van der Waals surface area contributed by atoms with Gasteiger partial charge in [-0.25, -0.2) is 4.79 Å². The number of nitrogens with one attached hydrogen (secondary N) is 10. The summed E-state index contributed by atoms with van der Waals surface area (Å²) in [4.78, 5) is 250. The highest BCUT2D eigenvalue weighted by Gasteiger charge is 2.44. The van der Waals surface area contributed by atoms with Gasteiger partial charge in [-0.15, -0.1) is 0 Å². The summed E-state index contributed by atoms with van der Waals surface area (Å²) in [6, 6.07) is 14.1. The van der Waals surface area contributed by atoms with Gasteiger partial charge in [0.1, 0.15) is 47.5 Å². The molecule has 3 saturated heterocycles. The summed E-state index contributed by atoms with van der Waals surface area (Å²) in [5.41, 5.74) is 0.225. The fraction of sp³-hybridized carbons (Fsp3) is 0.639. The molecule has 3 heterocycles. The molecule has 0 radical (unpaired) electrons. The van der Waals surface area contributed by atoms with Gasteiger partial charge in [0.05, 0.1) is 24.2 Å². The SMILES string of the molecule is CC(C)C[C@@H]1CC(=O)[C@H](C)NC(=O)CCCNC(=O)[C@H](C(C)C)NC(=O)[C@H](Cc2ccccc2)NC(=O)[C@H](CC(C)C)NC(=O)[C@H](CCC(=O)OC(C)(C)C)CC(=O)C2CCCN2C(=O)[C@H](CC(C)C)CC(=O)[C@H](C)NC(=O)[C@H](Cc2ccccc2)NC(=O)[C@H](C)NC(=O)[C@@H]2CCCN2C(=O)[C@H](CCCCNC(=O)OC(C)(C)C)CC(=O)[C@H](Cc2ccccc2)NC1=O. The van der Waals surface area contributed by atoms with Gasteiger partial charge in [0.2, 0.25) is 65.0 Å². The molecular weight excluding hydrogens is 1640 g/mol. The van der Waals surface area contributed by atoms with Crippen molar-refractivity contribution in [1.29, 1.82) is 0 Å². The molecule has 0 spiro atoms. The zero-order chi connectivity index (χ0) is 94.9. The first kappa shape index (κ1) is 106. The van der Waals surface area contributed by atoms with Gasteiger partial charge in [-0.1, -0.05) is 153 Å². The van der Waals surface area contributed by atoms with Crippen molar-refractivity contribution in [3.8, 4) is 0 Å². The Morgan fingerprint density at radius 1 is 0.414 bits per heavy atom. The predicted molar refractivity (Wildman–Crippen MR) is 483 cm³/mol. The molecule has 0 saturated carbocycles. The maximum atomic E-state index is 15.3. The van der Waals surface area contributed by atoms with Crippen LogP contribution >= 0.6 is 0 Å². The summed E-state index contributed by atoms with van der Waals surface area (Å²) in [6.07, 6.45) is -0.771. The maximum Gasteiger partial charge on any atom is 0.407 e. The van der Waals surface area contributed by atoms with Crippen molar-refractivity contribution in [3.63, 3.8) is 0 Å². The van der Waals surface area contributed by atoms with E-state index in [-0.39, 0.29) is 140 Å². The number of ether oxygens (including phenoxy) is 2. The Hall–Kier alpha value is -10.8. The fourth-order valence-corrected chi connectivity index (χ4v) is 16.4. The second-order valence-corrected chi connectivity index (χ2v) is 38.5. The van der Waals surface area contributed by atoms with Crippen molar-refractivity contribution < 1.29 is 91.0 Å². The Morgan fingerprint density at radius 3 is 1.39 bits per heavy atom. The Bertz CT molecular complexity index is 4260. The van der Waals surface area contributed by atoms with E-state index in [2.05, 4.69) is 53.2 Å². The lowest BCUT2D eigenvalue weighted by molar-refractivity contribution is -0.155. The molecule has 0 bridgehead atoms. The Kier molecular flexibility index (Phi) is 42.6. The van der Waals surface area contributed by atoms with Crippen LogP contribution in [0.2, 0.25) is 0 Å². The molecule has 3 aliphatic rings. The standard InChI is InChI=1S/C97H144N12O19/c1-58(2)48-70-56-78(110)62(9)100-82(114)41-29-45-98-92(123)84(61(7)8)107-90(121)75(53-67-36-25-20-26-37-67)106-89(120)73(50-60(5)6)105-86(117)68(42-43-83(115)127-96(12,13)14)54-81(113)76-39-30-46-108(76)94(125)71(49-59(3)4)57-79(111)63(10)101-88(119)74(52-66-34-23-19-24-35-66)104-85(116)64(11)102-91(122)77-40-31-47-109(77)93(124)69(38-27-28-44-99-95(126)128-97(15,16)17)55-80(112)72(103-87(70)118)51-65-32-21-18-22-33-65/h18-26,32-37,58-64,68-77,84H,27-31,38-57H2,1-17H3,(H,98,123)(H,99,126)(H,100,114)(H,101,119)(H,102,122)(H,103,118)(H,104,116)(H,105,117)(H,106,120)(H,107,121)/t62-,63-,64-,68+,69+,70+,71+,72-,73-,74-,75-,76?,77-,84-/m0/s1. The highest BCUT2D eigenvalue weighted by atomic mass is 16.6. The topological polar surface area (TPSA) is 435 Å². The van der Waals surface area contributed by atoms with E-state index in [0.29, 0.717) is 42.4 Å². The molecule has 31 nitrogen and oxygen atoms in total. The van der Waals surface area contributed by atoms with Gasteiger partial charge in [-0.05, 0) is 180 Å². The van der Waals surface area contributed by atoms with Crippen molar-refractivity contribution in [1.82, 2.24) is 63.0 Å². The fourth-order valence-electron chi connectivity index (χ4n) is 16.4. The first-order valence-electron chi connectivity index (χ1n) is 46.0. The lowest BCUT2D eigenvalue weighted by Gasteiger charge is -2.31. The smallest absolute Gasteiger partial charge is 0.407 e. The summed E-state index contributed by atoms with van der Waals surface area (Å²) in [5.74, 6) is -15.5. The van der Waals surface area contributed by atoms with Gasteiger partial charge in [0.25, 0.3) is 0 Å². The molecule has 706 valence electrons. The van der Waals surface area contributed by atoms with Gasteiger partial charge < -0.3 is 72.4 Å². The average Bonchev–Trinajstić information content (AvgIpc) is 1.64. The molecule has 3 aromatic carbocycles. The van der Waals surface area contributed by atoms with Gasteiger partial charge in [-0.2, -0.15) is 0 Å². The van der Waals surface area contributed by atoms with Crippen LogP contribution in [0.15, 0.2) is 91.0 Å². The number of Topliss-reactive ketones (excluding diaryl/α,β-unsaturated/α-hetero) is 4. The molecule has 0 aromatic heterocycles. The zero-order valence-electron chi connectivity index (χ0n) is 78.4. The van der Waals surface area contributed by atoms with Crippen LogP contribution in [0, 0.1) is 47.3 Å². The summed E-state index contributed by atoms with van der Waals surface area (Å²) in [7, 11) is 0. The monoisotopic (exact) mass is 1780 g/mol. The van der Waals surface area contributed by atoms with E-state index in [1.165, 1.54) is 30.6 Å². The average molecular weight is 1780 g/mol. The van der Waals surface area contributed by atoms with E-state index in [9.17, 15) is 57.5 Å². The minimum Gasteiger partial charge on any atom is -0.460 e. The molecule has 3 fully saturated rings. The number of carbonyl (C=O) groups is 17. The van der Waals surface area contributed by atoms with Crippen molar-refractivity contribution in [3.05, 3.63) is 108 Å². The van der Waals surface area contributed by atoms with E-state index < -0.39 is 214 Å². The van der Waals surface area contributed by atoms with Gasteiger partial charge in [-0.3, -0.25) is 76.7 Å². The molecule has 3 aliphatic heterocycles. The number of alkyl carbamates (subject to hydrolysis) is 1. The number of esters is 1. The van der Waals surface area contributed by atoms with Crippen molar-refractivity contribution in [2.24, 2.45) is 47.3 Å². The number of fused-ring (bicyclic) bond motifs is 2. The van der Waals surface area contributed by atoms with Crippen LogP contribution in [0.4, 0.5) is 4.79 Å². The molecule has 0 aliphatic carbocycles. The molecule has 31 heteroatoms. The quantitative estimate of drug-likeness (QED) is 0.0353. The van der Waals surface area contributed by atoms with Gasteiger partial charge >= 0.3 is 12.1 Å². The van der Waals surface area contributed by atoms with Crippen LogP contribution in [-0.2, 0) is 105 Å². The minimum atomic E-state index is -1.35. The van der Waals surface area contributed by atoms with Crippen molar-refractivity contribution in [2.45, 2.75) is 324 Å². The minimum absolute atomic E-state index is 0.0143. The lowest BCUT2D eigenvalue weighted by atomic mass is 9.88. The van der Waals surface area contributed by atoms with Crippen LogP contribution in [0.25, 0.3) is 0 Å². The maximum absolute atomic E-state index is 15.3. The first-order valence-corrected chi connectivity index (χ1v) is 46.0. The van der Waals surface area contributed by atoms with E-state index in [4.69, 9.17) is 9.47 Å². The molecular formula is C97H144N12O19. The number of ketones is 4. The Morgan fingerprint density at radius 2 is 0.852 bits per heavy atom. The molecule has 3 aromatic rings. The Balaban J connectivity index is 1.36. The molecule has 14 atom stereocenters. The second kappa shape index (κ2) is 51.4. The van der Waals surface area contributed by atoms with Crippen LogP contribution in [0.3, 0.4) is 0 Å². The highest BCUT2D eigenvalue weighted by molar-refractivity contribution is 6.01. The zero-order valence-corrected chi connectivity index (χ0v) is 78.4. The number of amides is 12. The van der Waals surface area contributed by atoms with Crippen LogP contribution in [-0.4, -0.2) is 208 Å². The normalized spacial score (nSPS) is 25.4. The highest BCUT2D eigenvalue weighted by Crippen LogP contribution is 2.31. The Labute approximate surface area is 755 Å². The summed E-state index contributed by atoms with van der Waals surface area (Å²) >= 11 is 0. The van der Waals surface area contributed by atoms with E-state index >= 15 is 24.0 Å². The second-order valence-electron chi connectivity index (χ2n) is 38.5. The number of hydrogen-bond acceptors (Lipinski definition) is 19.